The maximum absolute atomic E-state index is 11.9. The van der Waals surface area contributed by atoms with E-state index in [4.69, 9.17) is 16.3 Å². The summed E-state index contributed by atoms with van der Waals surface area (Å²) in [5.41, 5.74) is 0.268. The lowest BCUT2D eigenvalue weighted by atomic mass is 10.3. The zero-order valence-electron chi connectivity index (χ0n) is 9.40. The summed E-state index contributed by atoms with van der Waals surface area (Å²) in [6.07, 6.45) is 2.94. The topological polar surface area (TPSA) is 68.3 Å². The molecule has 1 unspecified atom stereocenters. The zero-order valence-corrected chi connectivity index (χ0v) is 12.6. The molecule has 1 aromatic rings. The minimum atomic E-state index is -3.48. The van der Waals surface area contributed by atoms with E-state index < -0.39 is 10.0 Å². The van der Waals surface area contributed by atoms with Crippen LogP contribution in [0.15, 0.2) is 16.7 Å². The number of halogens is 2. The maximum atomic E-state index is 11.9. The monoisotopic (exact) mass is 354 g/mol. The quantitative estimate of drug-likeness (QED) is 0.842. The second-order valence-electron chi connectivity index (χ2n) is 4.01. The third kappa shape index (κ3) is 3.81. The molecule has 1 N–H and O–H groups in total. The maximum Gasteiger partial charge on any atom is 0.235 e. The lowest BCUT2D eigenvalue weighted by molar-refractivity contribution is 0.127. The smallest absolute Gasteiger partial charge is 0.235 e. The predicted octanol–water partition coefficient (Wildman–Crippen LogP) is 2.42. The molecule has 1 aromatic heterocycles. The van der Waals surface area contributed by atoms with Gasteiger partial charge in [-0.15, -0.1) is 0 Å². The molecule has 0 saturated carbocycles. The van der Waals surface area contributed by atoms with Crippen molar-refractivity contribution in [2.75, 3.05) is 17.1 Å². The number of hydrogen-bond donors (Lipinski definition) is 1. The Balaban J connectivity index is 2.09. The Labute approximate surface area is 119 Å². The van der Waals surface area contributed by atoms with Crippen molar-refractivity contribution in [1.29, 1.82) is 0 Å². The number of pyridine rings is 1. The Kier molecular flexibility index (Phi) is 4.47. The molecule has 1 atom stereocenters. The average Bonchev–Trinajstić information content (AvgIpc) is 2.75. The molecule has 1 aliphatic rings. The first-order valence-corrected chi connectivity index (χ1v) is 8.22. The average molecular weight is 356 g/mol. The molecule has 0 aliphatic carbocycles. The number of sulfonamides is 1. The number of ether oxygens (including phenoxy) is 1. The molecule has 1 aliphatic heterocycles. The molecule has 100 valence electrons. The summed E-state index contributed by atoms with van der Waals surface area (Å²) >= 11 is 9.04. The lowest BCUT2D eigenvalue weighted by Crippen LogP contribution is -2.25. The van der Waals surface area contributed by atoms with E-state index in [-0.39, 0.29) is 22.7 Å². The van der Waals surface area contributed by atoms with E-state index in [1.54, 1.807) is 6.07 Å². The zero-order chi connectivity index (χ0) is 13.2. The van der Waals surface area contributed by atoms with Gasteiger partial charge in [-0.25, -0.2) is 13.4 Å². The summed E-state index contributed by atoms with van der Waals surface area (Å²) in [5.74, 6) is -0.0597. The summed E-state index contributed by atoms with van der Waals surface area (Å²) in [4.78, 5) is 3.86. The van der Waals surface area contributed by atoms with Crippen LogP contribution < -0.4 is 4.72 Å². The van der Waals surface area contributed by atoms with Crippen LogP contribution in [0.2, 0.25) is 5.15 Å². The van der Waals surface area contributed by atoms with Crippen LogP contribution in [0.1, 0.15) is 12.8 Å². The molecule has 2 heterocycles. The first-order valence-electron chi connectivity index (χ1n) is 5.39. The van der Waals surface area contributed by atoms with Crippen molar-refractivity contribution in [3.63, 3.8) is 0 Å². The van der Waals surface area contributed by atoms with E-state index in [2.05, 4.69) is 25.6 Å². The molecule has 5 nitrogen and oxygen atoms in total. The van der Waals surface area contributed by atoms with Gasteiger partial charge in [0.2, 0.25) is 10.0 Å². The van der Waals surface area contributed by atoms with Crippen LogP contribution in [-0.2, 0) is 14.8 Å². The van der Waals surface area contributed by atoms with Gasteiger partial charge >= 0.3 is 0 Å². The summed E-state index contributed by atoms with van der Waals surface area (Å²) in [7, 11) is -3.48. The van der Waals surface area contributed by atoms with Crippen molar-refractivity contribution in [2.45, 2.75) is 18.9 Å². The van der Waals surface area contributed by atoms with Crippen LogP contribution in [-0.4, -0.2) is 31.9 Å². The van der Waals surface area contributed by atoms with Crippen LogP contribution >= 0.6 is 27.5 Å². The summed E-state index contributed by atoms with van der Waals surface area (Å²) in [5, 5.41) is 0.120. The fourth-order valence-electron chi connectivity index (χ4n) is 1.72. The summed E-state index contributed by atoms with van der Waals surface area (Å²) in [6, 6.07) is 1.57. The SMILES string of the molecule is O=S(=O)(CC1CCCO1)Nc1cc(Br)cnc1Cl. The van der Waals surface area contributed by atoms with Gasteiger partial charge in [0.15, 0.2) is 5.15 Å². The predicted molar refractivity (Wildman–Crippen MR) is 73.3 cm³/mol. The van der Waals surface area contributed by atoms with Gasteiger partial charge in [0, 0.05) is 17.3 Å². The fourth-order valence-corrected chi connectivity index (χ4v) is 3.59. The number of hydrogen-bond acceptors (Lipinski definition) is 4. The van der Waals surface area contributed by atoms with E-state index in [0.717, 1.165) is 12.8 Å². The normalized spacial score (nSPS) is 20.0. The van der Waals surface area contributed by atoms with E-state index in [1.165, 1.54) is 6.20 Å². The standard InChI is InChI=1S/C10H12BrClN2O3S/c11-7-4-9(10(12)13-5-7)14-18(15,16)6-8-2-1-3-17-8/h4-5,8,14H,1-3,6H2. The number of rotatable bonds is 4. The van der Waals surface area contributed by atoms with Gasteiger partial charge in [-0.1, -0.05) is 11.6 Å². The van der Waals surface area contributed by atoms with Crippen LogP contribution in [0.4, 0.5) is 5.69 Å². The number of nitrogens with zero attached hydrogens (tertiary/aromatic N) is 1. The van der Waals surface area contributed by atoms with Crippen LogP contribution in [0.25, 0.3) is 0 Å². The Hall–Kier alpha value is -0.370. The second-order valence-corrected chi connectivity index (χ2v) is 7.05. The van der Waals surface area contributed by atoms with Gasteiger partial charge in [-0.2, -0.15) is 0 Å². The summed E-state index contributed by atoms with van der Waals surface area (Å²) in [6.45, 7) is 0.624. The Morgan fingerprint density at radius 2 is 2.39 bits per heavy atom. The van der Waals surface area contributed by atoms with E-state index in [1.807, 2.05) is 0 Å². The van der Waals surface area contributed by atoms with Gasteiger partial charge in [-0.05, 0) is 34.8 Å². The van der Waals surface area contributed by atoms with Crippen LogP contribution in [0, 0.1) is 0 Å². The molecule has 1 fully saturated rings. The molecule has 18 heavy (non-hydrogen) atoms. The molecule has 8 heteroatoms. The number of nitrogens with one attached hydrogen (secondary N) is 1. The Morgan fingerprint density at radius 1 is 1.61 bits per heavy atom. The van der Waals surface area contributed by atoms with Crippen molar-refractivity contribution in [3.8, 4) is 0 Å². The van der Waals surface area contributed by atoms with Gasteiger partial charge in [0.1, 0.15) is 0 Å². The van der Waals surface area contributed by atoms with Crippen molar-refractivity contribution in [2.24, 2.45) is 0 Å². The highest BCUT2D eigenvalue weighted by molar-refractivity contribution is 9.10. The van der Waals surface area contributed by atoms with Crippen molar-refractivity contribution in [1.82, 2.24) is 4.98 Å². The molecular weight excluding hydrogens is 344 g/mol. The first-order chi connectivity index (χ1) is 8.46. The Morgan fingerprint density at radius 3 is 3.06 bits per heavy atom. The molecular formula is C10H12BrClN2O3S. The fraction of sp³-hybridized carbons (Fsp3) is 0.500. The molecule has 1 saturated heterocycles. The minimum Gasteiger partial charge on any atom is -0.377 e. The summed E-state index contributed by atoms with van der Waals surface area (Å²) < 4.78 is 32.2. The Bertz CT molecular complexity index is 532. The molecule has 0 spiro atoms. The van der Waals surface area contributed by atoms with Gasteiger partial charge in [0.25, 0.3) is 0 Å². The molecule has 0 amide bonds. The molecule has 0 bridgehead atoms. The van der Waals surface area contributed by atoms with Crippen LogP contribution in [0.5, 0.6) is 0 Å². The van der Waals surface area contributed by atoms with E-state index in [0.29, 0.717) is 11.1 Å². The van der Waals surface area contributed by atoms with Gasteiger partial charge in [-0.3, -0.25) is 4.72 Å². The van der Waals surface area contributed by atoms with Gasteiger partial charge in [0.05, 0.1) is 17.5 Å². The third-order valence-electron chi connectivity index (χ3n) is 2.50. The third-order valence-corrected chi connectivity index (χ3v) is 4.58. The van der Waals surface area contributed by atoms with Crippen LogP contribution in [0.3, 0.4) is 0 Å². The molecule has 0 aromatic carbocycles. The largest absolute Gasteiger partial charge is 0.377 e. The van der Waals surface area contributed by atoms with Crippen molar-refractivity contribution < 1.29 is 13.2 Å². The lowest BCUT2D eigenvalue weighted by Gasteiger charge is -2.12. The van der Waals surface area contributed by atoms with Crippen molar-refractivity contribution in [3.05, 3.63) is 21.9 Å². The van der Waals surface area contributed by atoms with E-state index in [9.17, 15) is 8.42 Å². The highest BCUT2D eigenvalue weighted by Crippen LogP contribution is 2.24. The van der Waals surface area contributed by atoms with Gasteiger partial charge < -0.3 is 4.74 Å². The van der Waals surface area contributed by atoms with Crippen molar-refractivity contribution >= 4 is 43.2 Å². The minimum absolute atomic E-state index is 0.0597. The molecule has 0 radical (unpaired) electrons. The highest BCUT2D eigenvalue weighted by Gasteiger charge is 2.24. The van der Waals surface area contributed by atoms with E-state index >= 15 is 0 Å². The first kappa shape index (κ1) is 14.0. The highest BCUT2D eigenvalue weighted by atomic mass is 79.9. The second kappa shape index (κ2) is 5.73. The number of anilines is 1. The molecule has 2 rings (SSSR count). The number of aromatic nitrogens is 1.